The van der Waals surface area contributed by atoms with Crippen LogP contribution < -0.4 is 5.69 Å². The highest BCUT2D eigenvalue weighted by atomic mass is 35.5. The molecule has 1 N–H and O–H groups in total. The number of nitrogens with zero attached hydrogens (tertiary/aromatic N) is 3. The summed E-state index contributed by atoms with van der Waals surface area (Å²) in [5.74, 6) is 0. The molecule has 1 saturated heterocycles. The van der Waals surface area contributed by atoms with E-state index in [0.717, 1.165) is 25.7 Å². The van der Waals surface area contributed by atoms with Gasteiger partial charge in [0.2, 0.25) is 0 Å². The van der Waals surface area contributed by atoms with Gasteiger partial charge in [0.1, 0.15) is 10.8 Å². The summed E-state index contributed by atoms with van der Waals surface area (Å²) in [5, 5.41) is 11.7. The molecule has 27 heavy (non-hydrogen) atoms. The Balaban J connectivity index is 1.84. The fraction of sp³-hybridized carbons (Fsp3) is 0.737. The fourth-order valence-corrected chi connectivity index (χ4v) is 4.52. The van der Waals surface area contributed by atoms with Crippen LogP contribution >= 0.6 is 11.6 Å². The molecule has 0 bridgehead atoms. The first-order valence-corrected chi connectivity index (χ1v) is 9.85. The van der Waals surface area contributed by atoms with Gasteiger partial charge in [-0.15, -0.1) is 0 Å². The first-order valence-electron chi connectivity index (χ1n) is 9.47. The van der Waals surface area contributed by atoms with Crippen molar-refractivity contribution in [2.24, 2.45) is 5.41 Å². The normalized spacial score (nSPS) is 25.0. The van der Waals surface area contributed by atoms with E-state index in [9.17, 15) is 14.7 Å². The summed E-state index contributed by atoms with van der Waals surface area (Å²) in [7, 11) is 0. The highest BCUT2D eigenvalue weighted by Crippen LogP contribution is 2.51. The van der Waals surface area contributed by atoms with Gasteiger partial charge in [0.15, 0.2) is 0 Å². The number of hydrogen-bond acceptors (Lipinski definition) is 5. The van der Waals surface area contributed by atoms with Gasteiger partial charge in [0.25, 0.3) is 0 Å². The lowest BCUT2D eigenvalue weighted by atomic mass is 9.66. The SMILES string of the molecule is CC(C)(C)OC(=O)N1CC[C@@](O)(Cn2ccc(Cl)nc2=O)C2(CCCC2)C1. The number of ether oxygens (including phenoxy) is 1. The van der Waals surface area contributed by atoms with E-state index in [4.69, 9.17) is 16.3 Å². The summed E-state index contributed by atoms with van der Waals surface area (Å²) < 4.78 is 6.94. The van der Waals surface area contributed by atoms with Crippen molar-refractivity contribution in [3.63, 3.8) is 0 Å². The molecule has 0 unspecified atom stereocenters. The predicted molar refractivity (Wildman–Crippen MR) is 102 cm³/mol. The first kappa shape index (κ1) is 20.1. The molecular formula is C19H28ClN3O4. The van der Waals surface area contributed by atoms with E-state index in [-0.39, 0.29) is 17.8 Å². The first-order chi connectivity index (χ1) is 12.5. The van der Waals surface area contributed by atoms with Gasteiger partial charge in [-0.05, 0) is 46.1 Å². The van der Waals surface area contributed by atoms with E-state index in [2.05, 4.69) is 4.98 Å². The van der Waals surface area contributed by atoms with Crippen molar-refractivity contribution in [3.8, 4) is 0 Å². The van der Waals surface area contributed by atoms with Crippen LogP contribution in [0.15, 0.2) is 17.1 Å². The molecule has 7 nitrogen and oxygen atoms in total. The molecule has 8 heteroatoms. The van der Waals surface area contributed by atoms with Gasteiger partial charge in [0, 0.05) is 24.7 Å². The number of rotatable bonds is 2. The molecule has 1 aliphatic carbocycles. The lowest BCUT2D eigenvalue weighted by Gasteiger charge is -2.52. The van der Waals surface area contributed by atoms with Gasteiger partial charge < -0.3 is 14.7 Å². The summed E-state index contributed by atoms with van der Waals surface area (Å²) in [4.78, 5) is 30.2. The Kier molecular flexibility index (Phi) is 5.29. The molecule has 2 heterocycles. The molecule has 0 radical (unpaired) electrons. The molecule has 1 saturated carbocycles. The van der Waals surface area contributed by atoms with E-state index >= 15 is 0 Å². The summed E-state index contributed by atoms with van der Waals surface area (Å²) in [6, 6.07) is 1.55. The zero-order valence-corrected chi connectivity index (χ0v) is 17.0. The minimum absolute atomic E-state index is 0.138. The third-order valence-corrected chi connectivity index (χ3v) is 5.97. The van der Waals surface area contributed by atoms with E-state index < -0.39 is 22.3 Å². The Morgan fingerprint density at radius 2 is 2.00 bits per heavy atom. The van der Waals surface area contributed by atoms with Crippen molar-refractivity contribution < 1.29 is 14.6 Å². The van der Waals surface area contributed by atoms with Crippen molar-refractivity contribution in [2.45, 2.75) is 70.6 Å². The average molecular weight is 398 g/mol. The largest absolute Gasteiger partial charge is 0.444 e. The number of likely N-dealkylation sites (tertiary alicyclic amines) is 1. The second kappa shape index (κ2) is 7.09. The van der Waals surface area contributed by atoms with E-state index in [1.54, 1.807) is 17.2 Å². The van der Waals surface area contributed by atoms with Gasteiger partial charge in [-0.3, -0.25) is 4.57 Å². The Bertz CT molecular complexity index is 767. The molecule has 1 atom stereocenters. The maximum absolute atomic E-state index is 12.6. The van der Waals surface area contributed by atoms with Crippen LogP contribution in [0.25, 0.3) is 0 Å². The zero-order chi connectivity index (χ0) is 19.9. The van der Waals surface area contributed by atoms with Gasteiger partial charge in [0.05, 0.1) is 12.1 Å². The van der Waals surface area contributed by atoms with Gasteiger partial charge in [-0.2, -0.15) is 4.98 Å². The predicted octanol–water partition coefficient (Wildman–Crippen LogP) is 2.83. The van der Waals surface area contributed by atoms with Crippen molar-refractivity contribution in [1.29, 1.82) is 0 Å². The number of amides is 1. The average Bonchev–Trinajstić information content (AvgIpc) is 3.01. The Labute approximate surface area is 164 Å². The van der Waals surface area contributed by atoms with Crippen LogP contribution in [0, 0.1) is 5.41 Å². The fourth-order valence-electron chi connectivity index (χ4n) is 4.39. The van der Waals surface area contributed by atoms with Crippen molar-refractivity contribution in [1.82, 2.24) is 14.5 Å². The lowest BCUT2D eigenvalue weighted by Crippen LogP contribution is -2.62. The molecule has 2 aliphatic rings. The summed E-state index contributed by atoms with van der Waals surface area (Å²) in [5.41, 5.74) is -2.56. The Hall–Kier alpha value is -1.60. The van der Waals surface area contributed by atoms with Crippen LogP contribution in [0.4, 0.5) is 4.79 Å². The van der Waals surface area contributed by atoms with E-state index in [0.29, 0.717) is 19.5 Å². The second-order valence-electron chi connectivity index (χ2n) is 8.83. The third kappa shape index (κ3) is 4.14. The molecule has 1 amide bonds. The molecule has 1 aromatic heterocycles. The smallest absolute Gasteiger partial charge is 0.410 e. The highest BCUT2D eigenvalue weighted by Gasteiger charge is 2.56. The molecular weight excluding hydrogens is 370 g/mol. The third-order valence-electron chi connectivity index (χ3n) is 5.76. The van der Waals surface area contributed by atoms with Crippen molar-refractivity contribution in [2.75, 3.05) is 13.1 Å². The zero-order valence-electron chi connectivity index (χ0n) is 16.2. The van der Waals surface area contributed by atoms with Crippen LogP contribution in [-0.2, 0) is 11.3 Å². The second-order valence-corrected chi connectivity index (χ2v) is 9.22. The number of aromatic nitrogens is 2. The number of piperidine rings is 1. The van der Waals surface area contributed by atoms with E-state index in [1.807, 2.05) is 20.8 Å². The number of hydrogen-bond donors (Lipinski definition) is 1. The number of carbonyl (C=O) groups excluding carboxylic acids is 1. The molecule has 1 aliphatic heterocycles. The van der Waals surface area contributed by atoms with Crippen molar-refractivity contribution >= 4 is 17.7 Å². The van der Waals surface area contributed by atoms with E-state index in [1.165, 1.54) is 4.57 Å². The quantitative estimate of drug-likeness (QED) is 0.775. The standard InChI is InChI=1S/C19H28ClN3O4/c1-17(2,3)27-16(25)23-11-9-19(26,18(12-23)7-4-5-8-18)13-22-10-6-14(20)21-15(22)24/h6,10,26H,4-5,7-9,11-13H2,1-3H3/t19-/m1/s1. The molecule has 2 fully saturated rings. The van der Waals surface area contributed by atoms with Crippen LogP contribution in [0.1, 0.15) is 52.9 Å². The van der Waals surface area contributed by atoms with Crippen LogP contribution in [0.3, 0.4) is 0 Å². The monoisotopic (exact) mass is 397 g/mol. The van der Waals surface area contributed by atoms with Crippen LogP contribution in [0.5, 0.6) is 0 Å². The van der Waals surface area contributed by atoms with Gasteiger partial charge in [-0.1, -0.05) is 24.4 Å². The Morgan fingerprint density at radius 3 is 2.59 bits per heavy atom. The molecule has 3 rings (SSSR count). The van der Waals surface area contributed by atoms with Crippen molar-refractivity contribution in [3.05, 3.63) is 27.9 Å². The molecule has 1 spiro atoms. The van der Waals surface area contributed by atoms with Gasteiger partial charge >= 0.3 is 11.8 Å². The number of aliphatic hydroxyl groups is 1. The van der Waals surface area contributed by atoms with Gasteiger partial charge in [-0.25, -0.2) is 9.59 Å². The maximum Gasteiger partial charge on any atom is 0.410 e. The molecule has 0 aromatic carbocycles. The molecule has 1 aromatic rings. The maximum atomic E-state index is 12.6. The molecule has 150 valence electrons. The minimum Gasteiger partial charge on any atom is -0.444 e. The highest BCUT2D eigenvalue weighted by molar-refractivity contribution is 6.29. The van der Waals surface area contributed by atoms with Crippen LogP contribution in [-0.4, -0.2) is 49.9 Å². The summed E-state index contributed by atoms with van der Waals surface area (Å²) in [6.45, 7) is 6.51. The summed E-state index contributed by atoms with van der Waals surface area (Å²) >= 11 is 5.78. The Morgan fingerprint density at radius 1 is 1.33 bits per heavy atom. The lowest BCUT2D eigenvalue weighted by molar-refractivity contribution is -0.140. The number of carbonyl (C=O) groups is 1. The summed E-state index contributed by atoms with van der Waals surface area (Å²) in [6.07, 6.45) is 5.24. The number of halogens is 1. The minimum atomic E-state index is -1.08. The topological polar surface area (TPSA) is 84.7 Å². The van der Waals surface area contributed by atoms with Crippen LogP contribution in [0.2, 0.25) is 5.15 Å².